The monoisotopic (exact) mass is 414 g/mol. The summed E-state index contributed by atoms with van der Waals surface area (Å²) in [6.45, 7) is 0. The van der Waals surface area contributed by atoms with Gasteiger partial charge in [-0.25, -0.2) is 5.43 Å². The average molecular weight is 415 g/mol. The summed E-state index contributed by atoms with van der Waals surface area (Å²) in [5, 5.41) is 13.6. The predicted octanol–water partition coefficient (Wildman–Crippen LogP) is 4.39. The molecular formula is C25H22N2O2S. The molecule has 0 bridgehead atoms. The molecule has 0 aliphatic rings. The van der Waals surface area contributed by atoms with E-state index < -0.39 is 11.5 Å². The number of thiophene rings is 1. The van der Waals surface area contributed by atoms with Crippen LogP contribution in [0.15, 0.2) is 109 Å². The Hall–Kier alpha value is -3.25. The number of carbonyl (C=O) groups excluding carboxylic acids is 1. The number of nitrogens with one attached hydrogen (secondary N) is 2. The van der Waals surface area contributed by atoms with Crippen molar-refractivity contribution in [3.63, 3.8) is 0 Å². The quantitative estimate of drug-likeness (QED) is 0.393. The number of hydrogen-bond acceptors (Lipinski definition) is 4. The molecule has 0 radical (unpaired) electrons. The minimum atomic E-state index is -1.83. The van der Waals surface area contributed by atoms with E-state index in [-0.39, 0.29) is 6.04 Å². The Balaban J connectivity index is 1.64. The molecule has 5 heteroatoms. The van der Waals surface area contributed by atoms with Crippen molar-refractivity contribution >= 4 is 17.2 Å². The van der Waals surface area contributed by atoms with Gasteiger partial charge in [-0.1, -0.05) is 97.1 Å². The van der Waals surface area contributed by atoms with Crippen LogP contribution in [0.5, 0.6) is 0 Å². The van der Waals surface area contributed by atoms with Gasteiger partial charge in [0.25, 0.3) is 5.91 Å². The number of benzene rings is 3. The first kappa shape index (κ1) is 20.0. The zero-order valence-electron chi connectivity index (χ0n) is 16.2. The number of rotatable bonds is 7. The van der Waals surface area contributed by atoms with Crippen LogP contribution < -0.4 is 10.9 Å². The summed E-state index contributed by atoms with van der Waals surface area (Å²) < 4.78 is 0. The number of aliphatic hydroxyl groups is 1. The molecule has 4 aromatic rings. The molecule has 0 aliphatic carbocycles. The third-order valence-corrected chi connectivity index (χ3v) is 5.94. The average Bonchev–Trinajstić information content (AvgIpc) is 3.35. The van der Waals surface area contributed by atoms with Crippen LogP contribution in [0.2, 0.25) is 0 Å². The highest BCUT2D eigenvalue weighted by Gasteiger charge is 2.40. The van der Waals surface area contributed by atoms with E-state index in [2.05, 4.69) is 10.9 Å². The second-order valence-corrected chi connectivity index (χ2v) is 7.88. The molecule has 1 atom stereocenters. The van der Waals surface area contributed by atoms with Crippen molar-refractivity contribution < 1.29 is 9.90 Å². The summed E-state index contributed by atoms with van der Waals surface area (Å²) in [4.78, 5) is 14.4. The number of carbonyl (C=O) groups is 1. The minimum Gasteiger partial charge on any atom is -0.372 e. The molecule has 4 nitrogen and oxygen atoms in total. The van der Waals surface area contributed by atoms with E-state index >= 15 is 0 Å². The fraction of sp³-hybridized carbons (Fsp3) is 0.0800. The largest absolute Gasteiger partial charge is 0.372 e. The Morgan fingerprint density at radius 3 is 1.80 bits per heavy atom. The molecule has 0 spiro atoms. The number of amides is 1. The van der Waals surface area contributed by atoms with Crippen molar-refractivity contribution in [1.29, 1.82) is 0 Å². The lowest BCUT2D eigenvalue weighted by Gasteiger charge is -2.29. The van der Waals surface area contributed by atoms with Gasteiger partial charge in [-0.3, -0.25) is 10.2 Å². The molecule has 0 fully saturated rings. The molecule has 0 saturated carbocycles. The molecule has 0 aliphatic heterocycles. The van der Waals surface area contributed by atoms with Crippen molar-refractivity contribution in [2.75, 3.05) is 0 Å². The summed E-state index contributed by atoms with van der Waals surface area (Å²) in [6, 6.07) is 31.6. The fourth-order valence-corrected chi connectivity index (χ4v) is 4.24. The van der Waals surface area contributed by atoms with Gasteiger partial charge in [-0.15, -0.1) is 11.3 Å². The maximum absolute atomic E-state index is 13.4. The van der Waals surface area contributed by atoms with E-state index in [1.807, 2.05) is 84.2 Å². The van der Waals surface area contributed by atoms with Gasteiger partial charge in [0.2, 0.25) is 0 Å². The zero-order chi connectivity index (χ0) is 20.8. The summed E-state index contributed by atoms with van der Waals surface area (Å²) in [5.41, 5.74) is 6.10. The maximum atomic E-state index is 13.4. The molecule has 0 saturated heterocycles. The zero-order valence-corrected chi connectivity index (χ0v) is 17.0. The summed E-state index contributed by atoms with van der Waals surface area (Å²) in [5.74, 6) is -0.544. The van der Waals surface area contributed by atoms with Gasteiger partial charge in [-0.05, 0) is 28.1 Å². The van der Waals surface area contributed by atoms with Gasteiger partial charge >= 0.3 is 0 Å². The Kier molecular flexibility index (Phi) is 6.05. The van der Waals surface area contributed by atoms with E-state index in [4.69, 9.17) is 0 Å². The molecule has 150 valence electrons. The predicted molar refractivity (Wildman–Crippen MR) is 120 cm³/mol. The Bertz CT molecular complexity index is 1030. The first-order chi connectivity index (χ1) is 14.7. The smallest absolute Gasteiger partial charge is 0.275 e. The molecule has 4 rings (SSSR count). The molecule has 1 amide bonds. The van der Waals surface area contributed by atoms with Crippen LogP contribution in [0.4, 0.5) is 0 Å². The Morgan fingerprint density at radius 2 is 1.30 bits per heavy atom. The van der Waals surface area contributed by atoms with Crippen LogP contribution in [-0.2, 0) is 10.4 Å². The lowest BCUT2D eigenvalue weighted by molar-refractivity contribution is -0.138. The highest BCUT2D eigenvalue weighted by atomic mass is 32.1. The van der Waals surface area contributed by atoms with E-state index in [0.29, 0.717) is 11.1 Å². The van der Waals surface area contributed by atoms with Crippen molar-refractivity contribution in [2.45, 2.75) is 11.6 Å². The Labute approximate surface area is 179 Å². The van der Waals surface area contributed by atoms with Crippen LogP contribution in [-0.4, -0.2) is 11.0 Å². The third-order valence-electron chi connectivity index (χ3n) is 5.00. The standard InChI is InChI=1S/C25H22N2O2S/c28-24(25(29,20-13-6-2-7-14-20)21-15-8-3-9-16-21)27-26-23(22-17-10-18-30-22)19-11-4-1-5-12-19/h1-18,23,26,29H,(H,27,28). The normalized spacial score (nSPS) is 12.3. The highest BCUT2D eigenvalue weighted by molar-refractivity contribution is 7.10. The lowest BCUT2D eigenvalue weighted by Crippen LogP contribution is -2.51. The van der Waals surface area contributed by atoms with Gasteiger partial charge in [0.1, 0.15) is 0 Å². The van der Waals surface area contributed by atoms with E-state index in [1.54, 1.807) is 35.6 Å². The second kappa shape index (κ2) is 9.05. The number of hydrazine groups is 1. The summed E-state index contributed by atoms with van der Waals surface area (Å²) in [6.07, 6.45) is 0. The highest BCUT2D eigenvalue weighted by Crippen LogP contribution is 2.30. The van der Waals surface area contributed by atoms with Gasteiger partial charge < -0.3 is 5.11 Å². The van der Waals surface area contributed by atoms with Crippen molar-refractivity contribution in [3.05, 3.63) is 130 Å². The molecule has 1 aromatic heterocycles. The van der Waals surface area contributed by atoms with E-state index in [9.17, 15) is 9.90 Å². The van der Waals surface area contributed by atoms with E-state index in [1.165, 1.54) is 0 Å². The van der Waals surface area contributed by atoms with Crippen LogP contribution in [0.3, 0.4) is 0 Å². The van der Waals surface area contributed by atoms with Crippen molar-refractivity contribution in [2.24, 2.45) is 0 Å². The summed E-state index contributed by atoms with van der Waals surface area (Å²) >= 11 is 1.60. The second-order valence-electron chi connectivity index (χ2n) is 6.90. The van der Waals surface area contributed by atoms with Gasteiger partial charge in [0, 0.05) is 4.88 Å². The van der Waals surface area contributed by atoms with Crippen LogP contribution in [0, 0.1) is 0 Å². The van der Waals surface area contributed by atoms with Crippen LogP contribution in [0.1, 0.15) is 27.6 Å². The molecule has 1 unspecified atom stereocenters. The maximum Gasteiger partial charge on any atom is 0.275 e. The molecule has 1 heterocycles. The lowest BCUT2D eigenvalue weighted by atomic mass is 9.85. The third kappa shape index (κ3) is 4.04. The van der Waals surface area contributed by atoms with Crippen molar-refractivity contribution in [1.82, 2.24) is 10.9 Å². The molecule has 30 heavy (non-hydrogen) atoms. The van der Waals surface area contributed by atoms with Crippen molar-refractivity contribution in [3.8, 4) is 0 Å². The minimum absolute atomic E-state index is 0.231. The molecular weight excluding hydrogens is 392 g/mol. The van der Waals surface area contributed by atoms with Crippen LogP contribution >= 0.6 is 11.3 Å². The first-order valence-corrected chi connectivity index (χ1v) is 10.6. The summed E-state index contributed by atoms with van der Waals surface area (Å²) in [7, 11) is 0. The number of hydrogen-bond donors (Lipinski definition) is 3. The first-order valence-electron chi connectivity index (χ1n) is 9.67. The SMILES string of the molecule is O=C(NNC(c1ccccc1)c1cccs1)C(O)(c1ccccc1)c1ccccc1. The fourth-order valence-electron chi connectivity index (χ4n) is 3.44. The Morgan fingerprint density at radius 1 is 0.767 bits per heavy atom. The van der Waals surface area contributed by atoms with E-state index in [0.717, 1.165) is 10.4 Å². The van der Waals surface area contributed by atoms with Gasteiger partial charge in [0.05, 0.1) is 6.04 Å². The van der Waals surface area contributed by atoms with Crippen LogP contribution in [0.25, 0.3) is 0 Å². The topological polar surface area (TPSA) is 61.4 Å². The molecule has 3 aromatic carbocycles. The van der Waals surface area contributed by atoms with Gasteiger partial charge in [0.15, 0.2) is 5.60 Å². The van der Waals surface area contributed by atoms with Gasteiger partial charge in [-0.2, -0.15) is 0 Å². The molecule has 3 N–H and O–H groups in total.